The summed E-state index contributed by atoms with van der Waals surface area (Å²) in [6.45, 7) is 3.14. The molecule has 2 N–H and O–H groups in total. The van der Waals surface area contributed by atoms with Crippen LogP contribution in [0.3, 0.4) is 0 Å². The van der Waals surface area contributed by atoms with E-state index in [1.807, 2.05) is 55.5 Å². The summed E-state index contributed by atoms with van der Waals surface area (Å²) < 4.78 is 5.55. The molecule has 1 aromatic heterocycles. The fraction of sp³-hybridized carbons (Fsp3) is 0.182. The summed E-state index contributed by atoms with van der Waals surface area (Å²) in [5.74, 6) is 0.403. The predicted octanol–water partition coefficient (Wildman–Crippen LogP) is 5.04. The highest BCUT2D eigenvalue weighted by Crippen LogP contribution is 2.24. The summed E-state index contributed by atoms with van der Waals surface area (Å²) in [6.07, 6.45) is 4.06. The van der Waals surface area contributed by atoms with E-state index in [4.69, 9.17) is 16.3 Å². The molecule has 3 aromatic rings. The van der Waals surface area contributed by atoms with Crippen LogP contribution in [-0.4, -0.2) is 24.0 Å². The highest BCUT2D eigenvalue weighted by Gasteiger charge is 2.10. The first-order valence-corrected chi connectivity index (χ1v) is 9.50. The summed E-state index contributed by atoms with van der Waals surface area (Å²) in [5.41, 5.74) is 3.04. The number of hydrogen-bond donors (Lipinski definition) is 2. The molecule has 5 nitrogen and oxygen atoms in total. The number of anilines is 2. The molecule has 0 saturated carbocycles. The number of hydrogen-bond acceptors (Lipinski definition) is 4. The molecule has 0 aliphatic rings. The topological polar surface area (TPSA) is 63.2 Å². The Kier molecular flexibility index (Phi) is 6.87. The van der Waals surface area contributed by atoms with E-state index in [0.717, 1.165) is 22.7 Å². The second-order valence-corrected chi connectivity index (χ2v) is 6.59. The summed E-state index contributed by atoms with van der Waals surface area (Å²) >= 11 is 6.01. The van der Waals surface area contributed by atoms with E-state index >= 15 is 0 Å². The van der Waals surface area contributed by atoms with E-state index in [2.05, 4.69) is 15.6 Å². The molecular weight excluding hydrogens is 374 g/mol. The molecule has 28 heavy (non-hydrogen) atoms. The van der Waals surface area contributed by atoms with Crippen LogP contribution in [0.2, 0.25) is 5.02 Å². The number of rotatable bonds is 8. The first-order chi connectivity index (χ1) is 13.7. The molecule has 0 aliphatic carbocycles. The van der Waals surface area contributed by atoms with Gasteiger partial charge in [-0.05, 0) is 49.2 Å². The van der Waals surface area contributed by atoms with E-state index in [-0.39, 0.29) is 5.91 Å². The van der Waals surface area contributed by atoms with Crippen molar-refractivity contribution >= 4 is 28.9 Å². The summed E-state index contributed by atoms with van der Waals surface area (Å²) in [4.78, 5) is 16.8. The van der Waals surface area contributed by atoms with E-state index in [9.17, 15) is 4.79 Å². The largest absolute Gasteiger partial charge is 0.492 e. The average molecular weight is 396 g/mol. The van der Waals surface area contributed by atoms with Gasteiger partial charge >= 0.3 is 0 Å². The molecule has 6 heteroatoms. The second-order valence-electron chi connectivity index (χ2n) is 6.15. The van der Waals surface area contributed by atoms with Crippen LogP contribution >= 0.6 is 11.6 Å². The Bertz CT molecular complexity index is 946. The van der Waals surface area contributed by atoms with Crippen LogP contribution in [0.4, 0.5) is 11.4 Å². The number of carbonyl (C=O) groups excluding carboxylic acids is 1. The molecule has 0 bridgehead atoms. The van der Waals surface area contributed by atoms with Crippen molar-refractivity contribution in [2.45, 2.75) is 13.3 Å². The lowest BCUT2D eigenvalue weighted by Crippen LogP contribution is -2.14. The molecule has 0 fully saturated rings. The van der Waals surface area contributed by atoms with Crippen molar-refractivity contribution in [2.24, 2.45) is 0 Å². The zero-order chi connectivity index (χ0) is 19.8. The monoisotopic (exact) mass is 395 g/mol. The van der Waals surface area contributed by atoms with Gasteiger partial charge in [0.05, 0.1) is 23.5 Å². The fourth-order valence-electron chi connectivity index (χ4n) is 2.75. The van der Waals surface area contributed by atoms with Crippen molar-refractivity contribution in [3.05, 3.63) is 83.1 Å². The van der Waals surface area contributed by atoms with Crippen molar-refractivity contribution in [3.8, 4) is 5.75 Å². The number of benzene rings is 2. The average Bonchev–Trinajstić information content (AvgIpc) is 2.70. The molecule has 0 aliphatic heterocycles. The van der Waals surface area contributed by atoms with Crippen molar-refractivity contribution in [2.75, 3.05) is 23.8 Å². The third-order valence-electron chi connectivity index (χ3n) is 4.07. The standard InChI is InChI=1S/C22H22ClN3O2/c1-2-28-21-9-4-3-8-20(21)26-22(27)17-13-19(15-24-14-17)25-11-10-16-6-5-7-18(23)12-16/h3-9,12-15,25H,2,10-11H2,1H3,(H,26,27). The van der Waals surface area contributed by atoms with Crippen molar-refractivity contribution < 1.29 is 9.53 Å². The number of aromatic nitrogens is 1. The fourth-order valence-corrected chi connectivity index (χ4v) is 2.96. The minimum atomic E-state index is -0.238. The van der Waals surface area contributed by atoms with Crippen molar-refractivity contribution in [3.63, 3.8) is 0 Å². The molecular formula is C22H22ClN3O2. The van der Waals surface area contributed by atoms with Gasteiger partial charge in [0.15, 0.2) is 0 Å². The number of halogens is 1. The predicted molar refractivity (Wildman–Crippen MR) is 113 cm³/mol. The van der Waals surface area contributed by atoms with Gasteiger partial charge < -0.3 is 15.4 Å². The number of amides is 1. The number of ether oxygens (including phenoxy) is 1. The van der Waals surface area contributed by atoms with E-state index in [1.165, 1.54) is 0 Å². The Balaban J connectivity index is 1.61. The Morgan fingerprint density at radius 2 is 1.96 bits per heavy atom. The van der Waals surface area contributed by atoms with Crippen LogP contribution in [0.25, 0.3) is 0 Å². The molecule has 3 rings (SSSR count). The Labute approximate surface area is 169 Å². The van der Waals surface area contributed by atoms with E-state index in [0.29, 0.717) is 30.2 Å². The zero-order valence-electron chi connectivity index (χ0n) is 15.6. The van der Waals surface area contributed by atoms with Gasteiger partial charge in [-0.3, -0.25) is 9.78 Å². The molecule has 144 valence electrons. The maximum Gasteiger partial charge on any atom is 0.257 e. The van der Waals surface area contributed by atoms with Gasteiger partial charge in [-0.1, -0.05) is 35.9 Å². The van der Waals surface area contributed by atoms with Crippen LogP contribution in [0.15, 0.2) is 67.0 Å². The molecule has 0 saturated heterocycles. The number of pyridine rings is 1. The highest BCUT2D eigenvalue weighted by atomic mass is 35.5. The lowest BCUT2D eigenvalue weighted by molar-refractivity contribution is 0.102. The summed E-state index contributed by atoms with van der Waals surface area (Å²) in [6, 6.07) is 16.9. The summed E-state index contributed by atoms with van der Waals surface area (Å²) in [7, 11) is 0. The number of para-hydroxylation sites is 2. The van der Waals surface area contributed by atoms with Gasteiger partial charge in [0.2, 0.25) is 0 Å². The lowest BCUT2D eigenvalue weighted by atomic mass is 10.1. The normalized spacial score (nSPS) is 10.4. The van der Waals surface area contributed by atoms with Gasteiger partial charge in [-0.2, -0.15) is 0 Å². The van der Waals surface area contributed by atoms with Gasteiger partial charge in [-0.25, -0.2) is 0 Å². The molecule has 0 unspecified atom stereocenters. The summed E-state index contributed by atoms with van der Waals surface area (Å²) in [5, 5.41) is 6.90. The molecule has 0 radical (unpaired) electrons. The van der Waals surface area contributed by atoms with Gasteiger partial charge in [0.25, 0.3) is 5.91 Å². The minimum Gasteiger partial charge on any atom is -0.492 e. The zero-order valence-corrected chi connectivity index (χ0v) is 16.4. The van der Waals surface area contributed by atoms with Crippen molar-refractivity contribution in [1.82, 2.24) is 4.98 Å². The molecule has 0 atom stereocenters. The molecule has 1 amide bonds. The van der Waals surface area contributed by atoms with Crippen LogP contribution in [0, 0.1) is 0 Å². The minimum absolute atomic E-state index is 0.238. The first-order valence-electron chi connectivity index (χ1n) is 9.12. The van der Waals surface area contributed by atoms with Crippen LogP contribution < -0.4 is 15.4 Å². The molecule has 2 aromatic carbocycles. The second kappa shape index (κ2) is 9.76. The number of nitrogens with one attached hydrogen (secondary N) is 2. The quantitative estimate of drug-likeness (QED) is 0.560. The maximum atomic E-state index is 12.6. The first kappa shape index (κ1) is 19.7. The molecule has 0 spiro atoms. The third kappa shape index (κ3) is 5.47. The number of nitrogens with zero attached hydrogens (tertiary/aromatic N) is 1. The SMILES string of the molecule is CCOc1ccccc1NC(=O)c1cncc(NCCc2cccc(Cl)c2)c1. The van der Waals surface area contributed by atoms with Crippen LogP contribution in [-0.2, 0) is 6.42 Å². The Morgan fingerprint density at radius 3 is 2.79 bits per heavy atom. The maximum absolute atomic E-state index is 12.6. The van der Waals surface area contributed by atoms with Gasteiger partial charge in [-0.15, -0.1) is 0 Å². The van der Waals surface area contributed by atoms with Crippen molar-refractivity contribution in [1.29, 1.82) is 0 Å². The van der Waals surface area contributed by atoms with Crippen LogP contribution in [0.1, 0.15) is 22.8 Å². The van der Waals surface area contributed by atoms with E-state index < -0.39 is 0 Å². The smallest absolute Gasteiger partial charge is 0.257 e. The van der Waals surface area contributed by atoms with Gasteiger partial charge in [0, 0.05) is 24.0 Å². The number of carbonyl (C=O) groups is 1. The van der Waals surface area contributed by atoms with E-state index in [1.54, 1.807) is 18.5 Å². The van der Waals surface area contributed by atoms with Crippen LogP contribution in [0.5, 0.6) is 5.75 Å². The van der Waals surface area contributed by atoms with Gasteiger partial charge in [0.1, 0.15) is 5.75 Å². The molecule has 1 heterocycles. The highest BCUT2D eigenvalue weighted by molar-refractivity contribution is 6.30. The Hall–Kier alpha value is -3.05. The Morgan fingerprint density at radius 1 is 1.11 bits per heavy atom. The lowest BCUT2D eigenvalue weighted by Gasteiger charge is -2.12. The third-order valence-corrected chi connectivity index (χ3v) is 4.30.